The van der Waals surface area contributed by atoms with Crippen LogP contribution in [-0.2, 0) is 0 Å². The van der Waals surface area contributed by atoms with Gasteiger partial charge in [0.2, 0.25) is 0 Å². The molecule has 1 amide bonds. The maximum absolute atomic E-state index is 13.7. The van der Waals surface area contributed by atoms with E-state index in [1.54, 1.807) is 26.1 Å². The van der Waals surface area contributed by atoms with E-state index in [0.29, 0.717) is 11.4 Å². The minimum Gasteiger partial charge on any atom is -0.345 e. The van der Waals surface area contributed by atoms with E-state index in [2.05, 4.69) is 5.32 Å². The molecule has 0 saturated heterocycles. The first kappa shape index (κ1) is 21.1. The van der Waals surface area contributed by atoms with Gasteiger partial charge in [-0.2, -0.15) is 13.2 Å². The van der Waals surface area contributed by atoms with Crippen LogP contribution in [0.3, 0.4) is 0 Å². The van der Waals surface area contributed by atoms with E-state index < -0.39 is 29.3 Å². The third-order valence-corrected chi connectivity index (χ3v) is 3.83. The lowest BCUT2D eigenvalue weighted by molar-refractivity contribution is -0.0798. The number of benzene rings is 2. The maximum Gasteiger partial charge on any atom is 0.409 e. The molecule has 1 N–H and O–H groups in total. The lowest BCUT2D eigenvalue weighted by atomic mass is 10.1. The van der Waals surface area contributed by atoms with Crippen molar-refractivity contribution in [1.82, 2.24) is 0 Å². The first-order valence-corrected chi connectivity index (χ1v) is 8.14. The van der Waals surface area contributed by atoms with Gasteiger partial charge in [-0.15, -0.1) is 0 Å². The molecule has 0 saturated carbocycles. The second kappa shape index (κ2) is 8.69. The number of nitrogens with one attached hydrogen (secondary N) is 1. The number of hydrogen-bond acceptors (Lipinski definition) is 2. The molecule has 0 unspecified atom stereocenters. The second-order valence-corrected chi connectivity index (χ2v) is 5.75. The number of anilines is 2. The van der Waals surface area contributed by atoms with Gasteiger partial charge in [0.15, 0.2) is 0 Å². The molecule has 0 spiro atoms. The van der Waals surface area contributed by atoms with Crippen molar-refractivity contribution in [3.8, 4) is 0 Å². The molecule has 0 radical (unpaired) electrons. The van der Waals surface area contributed by atoms with E-state index in [0.717, 1.165) is 24.3 Å². The van der Waals surface area contributed by atoms with Gasteiger partial charge in [-0.3, -0.25) is 4.79 Å². The molecule has 0 aromatic heterocycles. The monoisotopic (exact) mass is 396 g/mol. The van der Waals surface area contributed by atoms with Crippen LogP contribution in [0.5, 0.6) is 0 Å². The summed E-state index contributed by atoms with van der Waals surface area (Å²) >= 11 is 0. The third kappa shape index (κ3) is 5.42. The molecule has 0 aliphatic carbocycles. The smallest absolute Gasteiger partial charge is 0.345 e. The van der Waals surface area contributed by atoms with Crippen LogP contribution in [0.4, 0.5) is 33.3 Å². The molecule has 3 nitrogen and oxygen atoms in total. The van der Waals surface area contributed by atoms with Crippen LogP contribution in [0.1, 0.15) is 17.3 Å². The van der Waals surface area contributed by atoms with Crippen LogP contribution in [-0.4, -0.2) is 19.1 Å². The number of rotatable bonds is 5. The lowest BCUT2D eigenvalue weighted by Gasteiger charge is -2.21. The number of nitrogens with zero attached hydrogens (tertiary/aromatic N) is 1. The van der Waals surface area contributed by atoms with E-state index in [-0.39, 0.29) is 11.8 Å². The molecule has 2 aromatic carbocycles. The SMILES string of the molecule is C/C=C(/C=C/C(F)(F)F)N(C)c1ccc(NC(=O)c2c(F)cccc2F)cc1. The summed E-state index contributed by atoms with van der Waals surface area (Å²) in [6.45, 7) is 1.60. The van der Waals surface area contributed by atoms with Gasteiger partial charge in [0.05, 0.1) is 0 Å². The van der Waals surface area contributed by atoms with Gasteiger partial charge < -0.3 is 10.2 Å². The summed E-state index contributed by atoms with van der Waals surface area (Å²) in [5, 5.41) is 2.38. The van der Waals surface area contributed by atoms with Crippen LogP contribution in [0, 0.1) is 11.6 Å². The van der Waals surface area contributed by atoms with Crippen LogP contribution in [0.2, 0.25) is 0 Å². The second-order valence-electron chi connectivity index (χ2n) is 5.75. The quantitative estimate of drug-likeness (QED) is 0.521. The number of alkyl halides is 3. The lowest BCUT2D eigenvalue weighted by Crippen LogP contribution is -2.17. The predicted octanol–water partition coefficient (Wildman–Crippen LogP) is 5.68. The zero-order valence-electron chi connectivity index (χ0n) is 15.0. The van der Waals surface area contributed by atoms with Crippen molar-refractivity contribution in [2.45, 2.75) is 13.1 Å². The number of halogens is 5. The highest BCUT2D eigenvalue weighted by Gasteiger charge is 2.22. The predicted molar refractivity (Wildman–Crippen MR) is 98.1 cm³/mol. The van der Waals surface area contributed by atoms with Gasteiger partial charge in [-0.25, -0.2) is 8.78 Å². The highest BCUT2D eigenvalue weighted by atomic mass is 19.4. The van der Waals surface area contributed by atoms with Gasteiger partial charge in [0.1, 0.15) is 17.2 Å². The van der Waals surface area contributed by atoms with Gasteiger partial charge in [0.25, 0.3) is 5.91 Å². The minimum atomic E-state index is -4.43. The molecule has 0 atom stereocenters. The Bertz CT molecular complexity index is 882. The van der Waals surface area contributed by atoms with Gasteiger partial charge in [-0.05, 0) is 49.4 Å². The van der Waals surface area contributed by atoms with Crippen molar-refractivity contribution in [2.75, 3.05) is 17.3 Å². The molecule has 0 aliphatic heterocycles. The zero-order chi connectivity index (χ0) is 20.9. The van der Waals surface area contributed by atoms with Gasteiger partial charge in [-0.1, -0.05) is 12.1 Å². The largest absolute Gasteiger partial charge is 0.409 e. The average Bonchev–Trinajstić information content (AvgIpc) is 2.61. The fourth-order valence-corrected chi connectivity index (χ4v) is 2.41. The molecule has 148 valence electrons. The third-order valence-electron chi connectivity index (χ3n) is 3.83. The molecule has 8 heteroatoms. The van der Waals surface area contributed by atoms with Crippen LogP contribution in [0.15, 0.2) is 66.4 Å². The molecule has 0 bridgehead atoms. The minimum absolute atomic E-state index is 0.135. The topological polar surface area (TPSA) is 32.3 Å². The van der Waals surface area contributed by atoms with E-state index in [4.69, 9.17) is 0 Å². The Labute approximate surface area is 158 Å². The van der Waals surface area contributed by atoms with E-state index in [9.17, 15) is 26.7 Å². The average molecular weight is 396 g/mol. The van der Waals surface area contributed by atoms with Crippen molar-refractivity contribution in [2.24, 2.45) is 0 Å². The van der Waals surface area contributed by atoms with Crippen molar-refractivity contribution in [1.29, 1.82) is 0 Å². The Morgan fingerprint density at radius 2 is 1.61 bits per heavy atom. The number of likely N-dealkylation sites (N-methyl/N-ethyl adjacent to an activating group) is 1. The summed E-state index contributed by atoms with van der Waals surface area (Å²) in [4.78, 5) is 13.6. The molecule has 28 heavy (non-hydrogen) atoms. The Kier molecular flexibility index (Phi) is 6.56. The first-order valence-electron chi connectivity index (χ1n) is 8.14. The Hall–Kier alpha value is -3.16. The summed E-state index contributed by atoms with van der Waals surface area (Å²) in [6.07, 6.45) is -1.84. The number of hydrogen-bond donors (Lipinski definition) is 1. The highest BCUT2D eigenvalue weighted by molar-refractivity contribution is 6.04. The Morgan fingerprint density at radius 3 is 2.11 bits per heavy atom. The molecule has 0 heterocycles. The molecule has 0 aliphatic rings. The van der Waals surface area contributed by atoms with Crippen molar-refractivity contribution in [3.63, 3.8) is 0 Å². The van der Waals surface area contributed by atoms with E-state index in [1.807, 2.05) is 0 Å². The zero-order valence-corrected chi connectivity index (χ0v) is 15.0. The molecular formula is C20H17F5N2O. The maximum atomic E-state index is 13.7. The normalized spacial score (nSPS) is 12.3. The van der Waals surface area contributed by atoms with Crippen molar-refractivity contribution >= 4 is 17.3 Å². The number of amides is 1. The standard InChI is InChI=1S/C20H17F5N2O/c1-3-14(11-12-20(23,24)25)27(2)15-9-7-13(8-10-15)26-19(28)18-16(21)5-4-6-17(18)22/h3-12H,1-2H3,(H,26,28)/b12-11+,14-3-. The fourth-order valence-electron chi connectivity index (χ4n) is 2.41. The van der Waals surface area contributed by atoms with Crippen LogP contribution in [0.25, 0.3) is 0 Å². The van der Waals surface area contributed by atoms with E-state index >= 15 is 0 Å². The van der Waals surface area contributed by atoms with Crippen LogP contribution >= 0.6 is 0 Å². The number of carbonyl (C=O) groups excluding carboxylic acids is 1. The first-order chi connectivity index (χ1) is 13.1. The van der Waals surface area contributed by atoms with Crippen LogP contribution < -0.4 is 10.2 Å². The summed E-state index contributed by atoms with van der Waals surface area (Å²) < 4.78 is 64.4. The number of carbonyl (C=O) groups is 1. The summed E-state index contributed by atoms with van der Waals surface area (Å²) in [7, 11) is 1.58. The Balaban J connectivity index is 2.15. The number of allylic oxidation sites excluding steroid dienone is 3. The highest BCUT2D eigenvalue weighted by Crippen LogP contribution is 2.24. The van der Waals surface area contributed by atoms with Crippen molar-refractivity contribution in [3.05, 3.63) is 83.6 Å². The molecule has 0 fully saturated rings. The summed E-state index contributed by atoms with van der Waals surface area (Å²) in [6, 6.07) is 9.16. The van der Waals surface area contributed by atoms with Gasteiger partial charge in [0, 0.05) is 30.2 Å². The Morgan fingerprint density at radius 1 is 1.04 bits per heavy atom. The van der Waals surface area contributed by atoms with Crippen molar-refractivity contribution < 1.29 is 26.7 Å². The van der Waals surface area contributed by atoms with E-state index in [1.165, 1.54) is 23.1 Å². The molecule has 2 rings (SSSR count). The van der Waals surface area contributed by atoms with Gasteiger partial charge >= 0.3 is 6.18 Å². The summed E-state index contributed by atoms with van der Waals surface area (Å²) in [5.74, 6) is -2.91. The molecular weight excluding hydrogens is 379 g/mol. The summed E-state index contributed by atoms with van der Waals surface area (Å²) in [5.41, 5.74) is 0.437. The fraction of sp³-hybridized carbons (Fsp3) is 0.150. The molecule has 2 aromatic rings.